The molecule has 1 aromatic carbocycles. The summed E-state index contributed by atoms with van der Waals surface area (Å²) in [5.41, 5.74) is 3.91. The zero-order valence-corrected chi connectivity index (χ0v) is 18.3. The Kier molecular flexibility index (Phi) is 5.89. The molecule has 4 nitrogen and oxygen atoms in total. The zero-order chi connectivity index (χ0) is 20.4. The average Bonchev–Trinajstić information content (AvgIpc) is 3.08. The molecule has 4 rings (SSSR count). The first kappa shape index (κ1) is 19.9. The molecular weight excluding hydrogens is 398 g/mol. The number of rotatable bonds is 5. The fraction of sp³-hybridized carbons (Fsp3) is 0.348. The number of aryl methyl sites for hydroxylation is 2. The van der Waals surface area contributed by atoms with E-state index in [1.807, 2.05) is 31.2 Å². The van der Waals surface area contributed by atoms with Crippen molar-refractivity contribution in [2.24, 2.45) is 0 Å². The van der Waals surface area contributed by atoms with Crippen LogP contribution in [-0.4, -0.2) is 16.1 Å². The van der Waals surface area contributed by atoms with E-state index < -0.39 is 0 Å². The molecule has 3 aromatic rings. The Bertz CT molecular complexity index is 1110. The Hall–Kier alpha value is -2.36. The van der Waals surface area contributed by atoms with Gasteiger partial charge in [-0.05, 0) is 62.3 Å². The maximum Gasteiger partial charge on any atom is 0.238 e. The minimum Gasteiger partial charge on any atom is -0.316 e. The number of thiophene rings is 1. The Morgan fingerprint density at radius 1 is 1.34 bits per heavy atom. The molecule has 0 spiro atoms. The van der Waals surface area contributed by atoms with Crippen molar-refractivity contribution in [3.05, 3.63) is 51.9 Å². The van der Waals surface area contributed by atoms with Crippen LogP contribution >= 0.6 is 23.1 Å². The second-order valence-electron chi connectivity index (χ2n) is 7.33. The van der Waals surface area contributed by atoms with Crippen molar-refractivity contribution in [3.8, 4) is 6.07 Å². The van der Waals surface area contributed by atoms with Gasteiger partial charge >= 0.3 is 0 Å². The third-order valence-electron chi connectivity index (χ3n) is 5.35. The predicted molar refractivity (Wildman–Crippen MR) is 121 cm³/mol. The van der Waals surface area contributed by atoms with Gasteiger partial charge in [-0.3, -0.25) is 4.79 Å². The van der Waals surface area contributed by atoms with E-state index in [-0.39, 0.29) is 11.2 Å². The number of amides is 1. The molecule has 1 aliphatic carbocycles. The Morgan fingerprint density at radius 2 is 2.14 bits per heavy atom. The molecule has 0 bridgehead atoms. The lowest BCUT2D eigenvalue weighted by atomic mass is 9.96. The molecule has 1 N–H and O–H groups in total. The van der Waals surface area contributed by atoms with Gasteiger partial charge in [0.1, 0.15) is 11.1 Å². The van der Waals surface area contributed by atoms with Crippen LogP contribution in [-0.2, 0) is 17.6 Å². The molecule has 2 aromatic heterocycles. The van der Waals surface area contributed by atoms with Gasteiger partial charge < -0.3 is 5.32 Å². The molecule has 1 amide bonds. The summed E-state index contributed by atoms with van der Waals surface area (Å²) in [6, 6.07) is 12.4. The van der Waals surface area contributed by atoms with Gasteiger partial charge in [0.05, 0.1) is 21.4 Å². The van der Waals surface area contributed by atoms with Gasteiger partial charge in [-0.25, -0.2) is 4.98 Å². The van der Waals surface area contributed by atoms with Gasteiger partial charge in [-0.1, -0.05) is 36.9 Å². The summed E-state index contributed by atoms with van der Waals surface area (Å²) >= 11 is 3.07. The zero-order valence-electron chi connectivity index (χ0n) is 16.6. The molecule has 6 heteroatoms. The van der Waals surface area contributed by atoms with E-state index in [0.717, 1.165) is 52.7 Å². The predicted octanol–water partition coefficient (Wildman–Crippen LogP) is 5.86. The van der Waals surface area contributed by atoms with Crippen LogP contribution in [0.5, 0.6) is 0 Å². The lowest BCUT2D eigenvalue weighted by Crippen LogP contribution is -2.24. The van der Waals surface area contributed by atoms with Gasteiger partial charge in [-0.2, -0.15) is 5.26 Å². The second-order valence-corrected chi connectivity index (χ2v) is 9.65. The highest BCUT2D eigenvalue weighted by atomic mass is 32.2. The molecule has 0 radical (unpaired) electrons. The number of nitriles is 1. The summed E-state index contributed by atoms with van der Waals surface area (Å²) in [7, 11) is 0. The SMILES string of the molecule is CCC(Sc1cc(C)c2ccccc2n1)C(=O)Nc1sc2c(c1C#N)CCCC2. The fourth-order valence-corrected chi connectivity index (χ4v) is 6.07. The van der Waals surface area contributed by atoms with Crippen LogP contribution in [0, 0.1) is 18.3 Å². The van der Waals surface area contributed by atoms with Crippen molar-refractivity contribution in [2.75, 3.05) is 5.32 Å². The van der Waals surface area contributed by atoms with Gasteiger partial charge in [0, 0.05) is 10.3 Å². The van der Waals surface area contributed by atoms with Crippen LogP contribution in [0.4, 0.5) is 5.00 Å². The van der Waals surface area contributed by atoms with Crippen molar-refractivity contribution in [1.82, 2.24) is 4.98 Å². The number of thioether (sulfide) groups is 1. The normalized spacial score (nSPS) is 14.2. The molecule has 1 unspecified atom stereocenters. The number of carbonyl (C=O) groups is 1. The molecule has 0 saturated heterocycles. The standard InChI is InChI=1S/C23H23N3OS2/c1-3-19(28-21-12-14(2)15-8-4-6-10-18(15)25-21)22(27)26-23-17(13-24)16-9-5-7-11-20(16)29-23/h4,6,8,10,12,19H,3,5,7,9,11H2,1-2H3,(H,26,27). The first-order valence-corrected chi connectivity index (χ1v) is 11.7. The molecule has 1 aliphatic rings. The Balaban J connectivity index is 1.55. The monoisotopic (exact) mass is 421 g/mol. The van der Waals surface area contributed by atoms with Crippen molar-refractivity contribution < 1.29 is 4.79 Å². The first-order valence-electron chi connectivity index (χ1n) is 9.99. The van der Waals surface area contributed by atoms with Crippen LogP contribution in [0.2, 0.25) is 0 Å². The third-order valence-corrected chi connectivity index (χ3v) is 7.84. The first-order chi connectivity index (χ1) is 14.1. The van der Waals surface area contributed by atoms with Gasteiger partial charge in [0.15, 0.2) is 0 Å². The maximum absolute atomic E-state index is 13.0. The number of carbonyl (C=O) groups excluding carboxylic acids is 1. The van der Waals surface area contributed by atoms with E-state index >= 15 is 0 Å². The topological polar surface area (TPSA) is 65.8 Å². The van der Waals surface area contributed by atoms with Crippen molar-refractivity contribution in [3.63, 3.8) is 0 Å². The van der Waals surface area contributed by atoms with Crippen LogP contribution in [0.1, 0.15) is 47.8 Å². The number of benzene rings is 1. The number of aromatic nitrogens is 1. The van der Waals surface area contributed by atoms with Gasteiger partial charge in [0.2, 0.25) is 5.91 Å². The van der Waals surface area contributed by atoms with E-state index in [4.69, 9.17) is 4.98 Å². The minimum atomic E-state index is -0.256. The summed E-state index contributed by atoms with van der Waals surface area (Å²) in [5.74, 6) is -0.0554. The highest BCUT2D eigenvalue weighted by Crippen LogP contribution is 2.38. The van der Waals surface area contributed by atoms with Gasteiger partial charge in [-0.15, -0.1) is 11.3 Å². The molecule has 1 atom stereocenters. The van der Waals surface area contributed by atoms with E-state index in [0.29, 0.717) is 17.0 Å². The van der Waals surface area contributed by atoms with Crippen LogP contribution in [0.3, 0.4) is 0 Å². The molecule has 0 aliphatic heterocycles. The number of fused-ring (bicyclic) bond motifs is 2. The molecule has 0 fully saturated rings. The minimum absolute atomic E-state index is 0.0554. The Labute approximate surface area is 179 Å². The summed E-state index contributed by atoms with van der Waals surface area (Å²) in [4.78, 5) is 19.0. The van der Waals surface area contributed by atoms with Crippen molar-refractivity contribution in [1.29, 1.82) is 5.26 Å². The molecule has 2 heterocycles. The second kappa shape index (κ2) is 8.56. The largest absolute Gasteiger partial charge is 0.316 e. The van der Waals surface area contributed by atoms with Crippen molar-refractivity contribution in [2.45, 2.75) is 56.2 Å². The molecular formula is C23H23N3OS2. The molecule has 29 heavy (non-hydrogen) atoms. The summed E-state index contributed by atoms with van der Waals surface area (Å²) in [5, 5.41) is 15.1. The van der Waals surface area contributed by atoms with E-state index in [1.54, 1.807) is 11.3 Å². The summed E-state index contributed by atoms with van der Waals surface area (Å²) < 4.78 is 0. The van der Waals surface area contributed by atoms with Crippen LogP contribution in [0.15, 0.2) is 35.4 Å². The smallest absolute Gasteiger partial charge is 0.238 e. The average molecular weight is 422 g/mol. The number of anilines is 1. The lowest BCUT2D eigenvalue weighted by molar-refractivity contribution is -0.115. The van der Waals surface area contributed by atoms with E-state index in [2.05, 4.69) is 24.4 Å². The molecule has 0 saturated carbocycles. The highest BCUT2D eigenvalue weighted by molar-refractivity contribution is 8.00. The Morgan fingerprint density at radius 3 is 2.93 bits per heavy atom. The van der Waals surface area contributed by atoms with E-state index in [1.165, 1.54) is 16.6 Å². The van der Waals surface area contributed by atoms with Crippen molar-refractivity contribution >= 4 is 44.9 Å². The molecule has 148 valence electrons. The fourth-order valence-electron chi connectivity index (χ4n) is 3.81. The number of pyridine rings is 1. The lowest BCUT2D eigenvalue weighted by Gasteiger charge is -2.15. The number of nitrogens with zero attached hydrogens (tertiary/aromatic N) is 2. The van der Waals surface area contributed by atoms with E-state index in [9.17, 15) is 10.1 Å². The summed E-state index contributed by atoms with van der Waals surface area (Å²) in [6.07, 6.45) is 4.92. The number of nitrogens with one attached hydrogen (secondary N) is 1. The third kappa shape index (κ3) is 4.03. The maximum atomic E-state index is 13.0. The number of para-hydroxylation sites is 1. The van der Waals surface area contributed by atoms with Crippen LogP contribution in [0.25, 0.3) is 10.9 Å². The van der Waals surface area contributed by atoms with Crippen LogP contribution < -0.4 is 5.32 Å². The number of hydrogen-bond acceptors (Lipinski definition) is 5. The highest BCUT2D eigenvalue weighted by Gasteiger charge is 2.25. The number of hydrogen-bond donors (Lipinski definition) is 1. The quantitative estimate of drug-likeness (QED) is 0.524. The van der Waals surface area contributed by atoms with Gasteiger partial charge in [0.25, 0.3) is 0 Å². The summed E-state index contributed by atoms with van der Waals surface area (Å²) in [6.45, 7) is 4.08.